The summed E-state index contributed by atoms with van der Waals surface area (Å²) >= 11 is 0. The lowest BCUT2D eigenvalue weighted by molar-refractivity contribution is 0.419. The van der Waals surface area contributed by atoms with Crippen LogP contribution in [0.15, 0.2) is 0 Å². The van der Waals surface area contributed by atoms with Crippen LogP contribution in [-0.2, 0) is 9.84 Å². The minimum Gasteiger partial charge on any atom is -0.316 e. The fraction of sp³-hybridized carbons (Fsp3) is 1.00. The zero-order chi connectivity index (χ0) is 15.6. The molecule has 0 aromatic carbocycles. The van der Waals surface area contributed by atoms with Gasteiger partial charge in [-0.3, -0.25) is 0 Å². The van der Waals surface area contributed by atoms with Gasteiger partial charge in [0.15, 0.2) is 9.84 Å². The molecule has 1 rings (SSSR count). The number of nitrogens with one attached hydrogen (secondary N) is 1. The Morgan fingerprint density at radius 2 is 1.43 bits per heavy atom. The Hall–Kier alpha value is -0.0900. The van der Waals surface area contributed by atoms with Gasteiger partial charge in [0.1, 0.15) is 0 Å². The van der Waals surface area contributed by atoms with E-state index in [0.29, 0.717) is 5.75 Å². The van der Waals surface area contributed by atoms with E-state index in [2.05, 4.69) is 12.2 Å². The van der Waals surface area contributed by atoms with E-state index in [4.69, 9.17) is 0 Å². The van der Waals surface area contributed by atoms with E-state index in [1.54, 1.807) is 0 Å². The van der Waals surface area contributed by atoms with Crippen LogP contribution in [0.1, 0.15) is 84.0 Å². The normalized spacial score (nSPS) is 26.8. The van der Waals surface area contributed by atoms with Gasteiger partial charge in [-0.15, -0.1) is 0 Å². The third-order valence-corrected chi connectivity index (χ3v) is 7.16. The molecule has 0 aromatic rings. The average molecular weight is 318 g/mol. The minimum atomic E-state index is -2.96. The topological polar surface area (TPSA) is 46.2 Å². The van der Waals surface area contributed by atoms with Crippen molar-refractivity contribution >= 4 is 9.84 Å². The van der Waals surface area contributed by atoms with Crippen LogP contribution in [0.2, 0.25) is 0 Å². The fourth-order valence-electron chi connectivity index (χ4n) is 3.41. The van der Waals surface area contributed by atoms with E-state index in [9.17, 15) is 8.42 Å². The first-order chi connectivity index (χ1) is 10.1. The lowest BCUT2D eigenvalue weighted by atomic mass is 9.97. The van der Waals surface area contributed by atoms with E-state index in [1.165, 1.54) is 38.5 Å². The van der Waals surface area contributed by atoms with Gasteiger partial charge in [0.25, 0.3) is 0 Å². The maximum Gasteiger partial charge on any atom is 0.154 e. The largest absolute Gasteiger partial charge is 0.316 e. The molecule has 1 fully saturated rings. The Morgan fingerprint density at radius 3 is 1.95 bits per heavy atom. The first-order valence-corrected chi connectivity index (χ1v) is 10.7. The summed E-state index contributed by atoms with van der Waals surface area (Å²) in [4.78, 5) is 0. The molecule has 21 heavy (non-hydrogen) atoms. The Balaban J connectivity index is 2.74. The molecule has 0 aromatic heterocycles. The third kappa shape index (κ3) is 7.14. The molecular weight excluding hydrogens is 282 g/mol. The molecule has 1 aliphatic rings. The predicted molar refractivity (Wildman–Crippen MR) is 91.5 cm³/mol. The maximum absolute atomic E-state index is 12.7. The van der Waals surface area contributed by atoms with Crippen LogP contribution >= 0.6 is 0 Å². The molecule has 4 heteroatoms. The summed E-state index contributed by atoms with van der Waals surface area (Å²) in [6, 6.07) is 0.145. The summed E-state index contributed by atoms with van der Waals surface area (Å²) in [6.07, 6.45) is 13.5. The van der Waals surface area contributed by atoms with Gasteiger partial charge in [0, 0.05) is 6.04 Å². The van der Waals surface area contributed by atoms with Crippen molar-refractivity contribution in [2.75, 3.05) is 12.8 Å². The predicted octanol–water partition coefficient (Wildman–Crippen LogP) is 4.07. The van der Waals surface area contributed by atoms with Crippen molar-refractivity contribution in [1.29, 1.82) is 0 Å². The van der Waals surface area contributed by atoms with E-state index < -0.39 is 9.84 Å². The Morgan fingerprint density at radius 1 is 0.905 bits per heavy atom. The molecule has 0 spiro atoms. The zero-order valence-corrected chi connectivity index (χ0v) is 14.9. The van der Waals surface area contributed by atoms with Gasteiger partial charge in [0.05, 0.1) is 11.0 Å². The quantitative estimate of drug-likeness (QED) is 0.831. The second kappa shape index (κ2) is 10.6. The molecule has 0 amide bonds. The standard InChI is InChI=1S/C17H35NO2S/c1-3-4-15-21(19,20)17-14-12-10-8-6-5-7-9-11-13-16(17)18-2/h16-18H,3-15H2,1-2H3. The number of hydrogen-bond acceptors (Lipinski definition) is 3. The van der Waals surface area contributed by atoms with Crippen molar-refractivity contribution in [3.05, 3.63) is 0 Å². The summed E-state index contributed by atoms with van der Waals surface area (Å²) in [6.45, 7) is 2.06. The SMILES string of the molecule is CCCCS(=O)(=O)C1CCCCCCCCCCC1NC. The highest BCUT2D eigenvalue weighted by atomic mass is 32.2. The molecule has 0 aliphatic heterocycles. The summed E-state index contributed by atoms with van der Waals surface area (Å²) < 4.78 is 25.4. The second-order valence-corrected chi connectivity index (χ2v) is 8.90. The van der Waals surface area contributed by atoms with Gasteiger partial charge in [-0.2, -0.15) is 0 Å². The second-order valence-electron chi connectivity index (χ2n) is 6.56. The molecule has 2 atom stereocenters. The molecule has 3 nitrogen and oxygen atoms in total. The molecule has 1 saturated carbocycles. The smallest absolute Gasteiger partial charge is 0.154 e. The molecule has 0 radical (unpaired) electrons. The number of unbranched alkanes of at least 4 members (excludes halogenated alkanes) is 1. The van der Waals surface area contributed by atoms with Crippen LogP contribution in [0.25, 0.3) is 0 Å². The lowest BCUT2D eigenvalue weighted by Gasteiger charge is -2.27. The third-order valence-electron chi connectivity index (χ3n) is 4.82. The van der Waals surface area contributed by atoms with Crippen molar-refractivity contribution in [3.8, 4) is 0 Å². The molecule has 2 unspecified atom stereocenters. The van der Waals surface area contributed by atoms with Crippen molar-refractivity contribution < 1.29 is 8.42 Å². The van der Waals surface area contributed by atoms with Gasteiger partial charge < -0.3 is 5.32 Å². The number of sulfone groups is 1. The van der Waals surface area contributed by atoms with Crippen LogP contribution in [0.4, 0.5) is 0 Å². The molecule has 0 bridgehead atoms. The van der Waals surface area contributed by atoms with Crippen molar-refractivity contribution in [2.24, 2.45) is 0 Å². The van der Waals surface area contributed by atoms with E-state index in [0.717, 1.165) is 38.5 Å². The molecule has 126 valence electrons. The van der Waals surface area contributed by atoms with E-state index >= 15 is 0 Å². The number of rotatable bonds is 5. The highest BCUT2D eigenvalue weighted by Gasteiger charge is 2.31. The summed E-state index contributed by atoms with van der Waals surface area (Å²) in [5.74, 6) is 0.367. The van der Waals surface area contributed by atoms with Crippen molar-refractivity contribution in [2.45, 2.75) is 95.3 Å². The van der Waals surface area contributed by atoms with Crippen LogP contribution in [0.3, 0.4) is 0 Å². The highest BCUT2D eigenvalue weighted by molar-refractivity contribution is 7.92. The summed E-state index contributed by atoms with van der Waals surface area (Å²) in [5, 5.41) is 3.14. The Labute approximate surface area is 132 Å². The fourth-order valence-corrected chi connectivity index (χ4v) is 5.71. The molecule has 0 heterocycles. The van der Waals surface area contributed by atoms with E-state index in [-0.39, 0.29) is 11.3 Å². The van der Waals surface area contributed by atoms with Gasteiger partial charge in [-0.05, 0) is 26.3 Å². The van der Waals surface area contributed by atoms with Gasteiger partial charge in [-0.25, -0.2) is 8.42 Å². The highest BCUT2D eigenvalue weighted by Crippen LogP contribution is 2.23. The van der Waals surface area contributed by atoms with Crippen molar-refractivity contribution in [3.63, 3.8) is 0 Å². The summed E-state index contributed by atoms with van der Waals surface area (Å²) in [7, 11) is -1.03. The zero-order valence-electron chi connectivity index (χ0n) is 14.1. The van der Waals surface area contributed by atoms with Gasteiger partial charge in [-0.1, -0.05) is 64.7 Å². The van der Waals surface area contributed by atoms with Gasteiger partial charge in [0.2, 0.25) is 0 Å². The first kappa shape index (κ1) is 19.0. The van der Waals surface area contributed by atoms with Crippen LogP contribution in [-0.4, -0.2) is 32.5 Å². The van der Waals surface area contributed by atoms with Crippen molar-refractivity contribution in [1.82, 2.24) is 5.32 Å². The van der Waals surface area contributed by atoms with Gasteiger partial charge >= 0.3 is 0 Å². The monoisotopic (exact) mass is 317 g/mol. The van der Waals surface area contributed by atoms with Crippen LogP contribution in [0.5, 0.6) is 0 Å². The summed E-state index contributed by atoms with van der Waals surface area (Å²) in [5.41, 5.74) is 0. The number of hydrogen-bond donors (Lipinski definition) is 1. The minimum absolute atomic E-state index is 0.145. The lowest BCUT2D eigenvalue weighted by Crippen LogP contribution is -2.43. The van der Waals surface area contributed by atoms with Crippen LogP contribution < -0.4 is 5.32 Å². The Bertz CT molecular complexity index is 354. The van der Waals surface area contributed by atoms with E-state index in [1.807, 2.05) is 7.05 Å². The molecule has 0 saturated heterocycles. The first-order valence-electron chi connectivity index (χ1n) is 9.00. The molecule has 1 N–H and O–H groups in total. The Kier molecular flexibility index (Phi) is 9.57. The molecular formula is C17H35NO2S. The van der Waals surface area contributed by atoms with Crippen LogP contribution in [0, 0.1) is 0 Å². The maximum atomic E-state index is 12.7. The average Bonchev–Trinajstić information content (AvgIpc) is 2.45. The molecule has 1 aliphatic carbocycles.